The van der Waals surface area contributed by atoms with Gasteiger partial charge in [-0.1, -0.05) is 32.0 Å². The van der Waals surface area contributed by atoms with Gasteiger partial charge in [-0.25, -0.2) is 0 Å². The fraction of sp³-hybridized carbons (Fsp3) is 0.429. The summed E-state index contributed by atoms with van der Waals surface area (Å²) in [7, 11) is 0. The topological polar surface area (TPSA) is 50.8 Å². The first kappa shape index (κ1) is 12.6. The molecule has 0 bridgehead atoms. The van der Waals surface area contributed by atoms with Crippen LogP contribution in [0.2, 0.25) is 0 Å². The van der Waals surface area contributed by atoms with Crippen LogP contribution in [0.25, 0.3) is 0 Å². The van der Waals surface area contributed by atoms with Crippen molar-refractivity contribution >= 4 is 0 Å². The molecule has 1 heterocycles. The van der Waals surface area contributed by atoms with Crippen molar-refractivity contribution in [2.75, 3.05) is 6.61 Å². The lowest BCUT2D eigenvalue weighted by Gasteiger charge is -2.12. The molecule has 0 saturated heterocycles. The summed E-state index contributed by atoms with van der Waals surface area (Å²) in [6, 6.07) is 8.19. The number of nitrogens with zero attached hydrogens (tertiary/aromatic N) is 2. The molecule has 4 heteroatoms. The number of aromatic amines is 1. The number of aryl methyl sites for hydroxylation is 2. The standard InChI is InChI=1S/C14H19N3O/c1-11(2)10-18-14-6-4-3-5-12(14)7-8-13-9-15-17-16-13/h3-6,9,11H,7-8,10H2,1-2H3,(H,15,16,17). The first-order valence-electron chi connectivity index (χ1n) is 6.31. The van der Waals surface area contributed by atoms with Crippen molar-refractivity contribution in [1.29, 1.82) is 0 Å². The van der Waals surface area contributed by atoms with Crippen LogP contribution >= 0.6 is 0 Å². The third kappa shape index (κ3) is 3.58. The molecule has 0 fully saturated rings. The second kappa shape index (κ2) is 6.19. The maximum atomic E-state index is 5.82. The molecule has 0 radical (unpaired) electrons. The van der Waals surface area contributed by atoms with Crippen molar-refractivity contribution in [2.24, 2.45) is 5.92 Å². The summed E-state index contributed by atoms with van der Waals surface area (Å²) in [6.07, 6.45) is 3.55. The minimum absolute atomic E-state index is 0.536. The summed E-state index contributed by atoms with van der Waals surface area (Å²) < 4.78 is 5.82. The van der Waals surface area contributed by atoms with E-state index in [9.17, 15) is 0 Å². The highest BCUT2D eigenvalue weighted by Crippen LogP contribution is 2.20. The number of ether oxygens (including phenoxy) is 1. The Morgan fingerprint density at radius 1 is 1.22 bits per heavy atom. The van der Waals surface area contributed by atoms with Crippen LogP contribution in [0.5, 0.6) is 5.75 Å². The van der Waals surface area contributed by atoms with E-state index in [-0.39, 0.29) is 0 Å². The molecule has 2 rings (SSSR count). The number of hydrogen-bond acceptors (Lipinski definition) is 3. The summed E-state index contributed by atoms with van der Waals surface area (Å²) in [4.78, 5) is 0. The largest absolute Gasteiger partial charge is 0.493 e. The highest BCUT2D eigenvalue weighted by molar-refractivity contribution is 5.33. The number of H-pyrrole nitrogens is 1. The number of aromatic nitrogens is 3. The van der Waals surface area contributed by atoms with E-state index >= 15 is 0 Å². The van der Waals surface area contributed by atoms with Gasteiger partial charge in [-0.3, -0.25) is 0 Å². The molecule has 0 spiro atoms. The first-order chi connectivity index (χ1) is 8.75. The normalized spacial score (nSPS) is 10.8. The number of hydrogen-bond donors (Lipinski definition) is 1. The minimum Gasteiger partial charge on any atom is -0.493 e. The van der Waals surface area contributed by atoms with Crippen molar-refractivity contribution < 1.29 is 4.74 Å². The molecular weight excluding hydrogens is 226 g/mol. The highest BCUT2D eigenvalue weighted by Gasteiger charge is 2.05. The Labute approximate surface area is 107 Å². The lowest BCUT2D eigenvalue weighted by Crippen LogP contribution is -2.06. The Bertz CT molecular complexity index is 466. The van der Waals surface area contributed by atoms with Crippen LogP contribution in [0, 0.1) is 5.92 Å². The molecule has 0 unspecified atom stereocenters. The molecule has 1 N–H and O–H groups in total. The zero-order valence-corrected chi connectivity index (χ0v) is 10.9. The fourth-order valence-corrected chi connectivity index (χ4v) is 1.72. The Morgan fingerprint density at radius 3 is 2.78 bits per heavy atom. The van der Waals surface area contributed by atoms with E-state index in [2.05, 4.69) is 35.3 Å². The van der Waals surface area contributed by atoms with Gasteiger partial charge in [-0.2, -0.15) is 15.4 Å². The third-order valence-electron chi connectivity index (χ3n) is 2.66. The van der Waals surface area contributed by atoms with Gasteiger partial charge < -0.3 is 4.74 Å². The Balaban J connectivity index is 1.98. The second-order valence-corrected chi connectivity index (χ2v) is 4.77. The van der Waals surface area contributed by atoms with Gasteiger partial charge in [0.25, 0.3) is 0 Å². The number of benzene rings is 1. The molecular formula is C14H19N3O. The van der Waals surface area contributed by atoms with E-state index < -0.39 is 0 Å². The summed E-state index contributed by atoms with van der Waals surface area (Å²) in [6.45, 7) is 5.05. The van der Waals surface area contributed by atoms with Crippen LogP contribution in [0.3, 0.4) is 0 Å². The second-order valence-electron chi connectivity index (χ2n) is 4.77. The minimum atomic E-state index is 0.536. The number of para-hydroxylation sites is 1. The molecule has 0 saturated carbocycles. The van der Waals surface area contributed by atoms with Crippen LogP contribution < -0.4 is 4.74 Å². The summed E-state index contributed by atoms with van der Waals surface area (Å²) >= 11 is 0. The maximum Gasteiger partial charge on any atom is 0.122 e. The van der Waals surface area contributed by atoms with E-state index in [0.717, 1.165) is 30.9 Å². The van der Waals surface area contributed by atoms with Crippen molar-refractivity contribution in [3.05, 3.63) is 41.7 Å². The van der Waals surface area contributed by atoms with Crippen molar-refractivity contribution in [2.45, 2.75) is 26.7 Å². The Kier molecular flexibility index (Phi) is 4.34. The molecule has 96 valence electrons. The molecule has 0 aliphatic carbocycles. The lowest BCUT2D eigenvalue weighted by atomic mass is 10.1. The predicted molar refractivity (Wildman–Crippen MR) is 70.6 cm³/mol. The van der Waals surface area contributed by atoms with Crippen LogP contribution in [0.15, 0.2) is 30.5 Å². The van der Waals surface area contributed by atoms with E-state index in [0.29, 0.717) is 5.92 Å². The molecule has 0 atom stereocenters. The van der Waals surface area contributed by atoms with E-state index in [1.165, 1.54) is 5.56 Å². The summed E-state index contributed by atoms with van der Waals surface area (Å²) in [5.41, 5.74) is 2.20. The quantitative estimate of drug-likeness (QED) is 0.851. The van der Waals surface area contributed by atoms with Crippen LogP contribution in [0.1, 0.15) is 25.1 Å². The number of rotatable bonds is 6. The van der Waals surface area contributed by atoms with Crippen molar-refractivity contribution in [3.63, 3.8) is 0 Å². The lowest BCUT2D eigenvalue weighted by molar-refractivity contribution is 0.268. The molecule has 4 nitrogen and oxygen atoms in total. The first-order valence-corrected chi connectivity index (χ1v) is 6.31. The van der Waals surface area contributed by atoms with Crippen LogP contribution in [-0.2, 0) is 12.8 Å². The van der Waals surface area contributed by atoms with Gasteiger partial charge in [0.15, 0.2) is 0 Å². The van der Waals surface area contributed by atoms with Crippen LogP contribution in [0.4, 0.5) is 0 Å². The number of nitrogens with one attached hydrogen (secondary N) is 1. The molecule has 0 amide bonds. The monoisotopic (exact) mass is 245 g/mol. The van der Waals surface area contributed by atoms with E-state index in [1.54, 1.807) is 6.20 Å². The average Bonchev–Trinajstić information content (AvgIpc) is 2.88. The third-order valence-corrected chi connectivity index (χ3v) is 2.66. The van der Waals surface area contributed by atoms with Gasteiger partial charge in [-0.15, -0.1) is 0 Å². The maximum absolute atomic E-state index is 5.82. The zero-order valence-electron chi connectivity index (χ0n) is 10.9. The molecule has 0 aliphatic heterocycles. The molecule has 18 heavy (non-hydrogen) atoms. The highest BCUT2D eigenvalue weighted by atomic mass is 16.5. The van der Waals surface area contributed by atoms with E-state index in [1.807, 2.05) is 18.2 Å². The summed E-state index contributed by atoms with van der Waals surface area (Å²) in [5.74, 6) is 1.52. The zero-order chi connectivity index (χ0) is 12.8. The average molecular weight is 245 g/mol. The van der Waals surface area contributed by atoms with Crippen LogP contribution in [-0.4, -0.2) is 22.0 Å². The summed E-state index contributed by atoms with van der Waals surface area (Å²) in [5, 5.41) is 10.5. The van der Waals surface area contributed by atoms with Gasteiger partial charge in [0, 0.05) is 0 Å². The molecule has 0 aliphatic rings. The Morgan fingerprint density at radius 2 is 2.06 bits per heavy atom. The Hall–Kier alpha value is -1.84. The smallest absolute Gasteiger partial charge is 0.122 e. The van der Waals surface area contributed by atoms with Gasteiger partial charge in [0.05, 0.1) is 18.5 Å². The predicted octanol–water partition coefficient (Wildman–Crippen LogP) is 2.62. The SMILES string of the molecule is CC(C)COc1ccccc1CCc1cn[nH]n1. The fourth-order valence-electron chi connectivity index (χ4n) is 1.72. The molecule has 1 aromatic heterocycles. The van der Waals surface area contributed by atoms with Gasteiger partial charge in [0.1, 0.15) is 5.75 Å². The van der Waals surface area contributed by atoms with Crippen molar-refractivity contribution in [3.8, 4) is 5.75 Å². The van der Waals surface area contributed by atoms with Gasteiger partial charge in [0.2, 0.25) is 0 Å². The molecule has 2 aromatic rings. The van der Waals surface area contributed by atoms with Gasteiger partial charge in [-0.05, 0) is 30.4 Å². The molecule has 1 aromatic carbocycles. The van der Waals surface area contributed by atoms with E-state index in [4.69, 9.17) is 4.74 Å². The van der Waals surface area contributed by atoms with Crippen molar-refractivity contribution in [1.82, 2.24) is 15.4 Å². The van der Waals surface area contributed by atoms with Gasteiger partial charge >= 0.3 is 0 Å².